The number of rotatable bonds is 3. The van der Waals surface area contributed by atoms with Gasteiger partial charge >= 0.3 is 0 Å². The van der Waals surface area contributed by atoms with E-state index in [-0.39, 0.29) is 29.9 Å². The topological polar surface area (TPSA) is 62.2 Å². The van der Waals surface area contributed by atoms with E-state index >= 15 is 0 Å². The zero-order valence-electron chi connectivity index (χ0n) is 18.6. The minimum atomic E-state index is -0.489. The molecule has 6 heteroatoms. The van der Waals surface area contributed by atoms with Crippen LogP contribution in [0.1, 0.15) is 11.1 Å². The number of nitrogens with zero attached hydrogens (tertiary/aromatic N) is 3. The lowest BCUT2D eigenvalue weighted by atomic mass is 9.70. The molecule has 3 aromatic carbocycles. The number of aryl methyl sites for hydroxylation is 1. The molecule has 0 saturated carbocycles. The fraction of sp³-hybridized carbons (Fsp3) is 0.250. The van der Waals surface area contributed by atoms with Crippen molar-refractivity contribution in [2.24, 2.45) is 22.9 Å². The highest BCUT2D eigenvalue weighted by Gasteiger charge is 2.72. The molecule has 4 aliphatic rings. The number of hydrogen-bond acceptors (Lipinski definition) is 5. The Labute approximate surface area is 197 Å². The summed E-state index contributed by atoms with van der Waals surface area (Å²) in [6.45, 7) is 1.99. The monoisotopic (exact) mass is 449 g/mol. The summed E-state index contributed by atoms with van der Waals surface area (Å²) >= 11 is 0. The molecule has 3 fully saturated rings. The molecule has 0 aliphatic carbocycles. The lowest BCUT2D eigenvalue weighted by molar-refractivity contribution is -0.125. The zero-order valence-corrected chi connectivity index (χ0v) is 18.6. The molecule has 34 heavy (non-hydrogen) atoms. The lowest BCUT2D eigenvalue weighted by Gasteiger charge is -2.32. The molecule has 6 atom stereocenters. The molecule has 0 unspecified atom stereocenters. The van der Waals surface area contributed by atoms with Crippen molar-refractivity contribution in [2.75, 3.05) is 9.91 Å². The minimum absolute atomic E-state index is 0.0800. The summed E-state index contributed by atoms with van der Waals surface area (Å²) < 4.78 is 6.46. The summed E-state index contributed by atoms with van der Waals surface area (Å²) in [7, 11) is 0. The predicted octanol–water partition coefficient (Wildman–Crippen LogP) is 3.79. The highest BCUT2D eigenvalue weighted by Crippen LogP contribution is 2.56. The van der Waals surface area contributed by atoms with E-state index in [0.29, 0.717) is 5.69 Å². The summed E-state index contributed by atoms with van der Waals surface area (Å²) in [5, 5.41) is 7.07. The Bertz CT molecular complexity index is 1320. The van der Waals surface area contributed by atoms with Crippen molar-refractivity contribution in [1.82, 2.24) is 0 Å². The van der Waals surface area contributed by atoms with Gasteiger partial charge in [-0.3, -0.25) is 14.6 Å². The summed E-state index contributed by atoms with van der Waals surface area (Å²) in [5.74, 6) is -1.37. The minimum Gasteiger partial charge on any atom is -0.370 e. The molecule has 3 aromatic rings. The van der Waals surface area contributed by atoms with Crippen molar-refractivity contribution in [3.8, 4) is 0 Å². The number of anilines is 2. The van der Waals surface area contributed by atoms with Crippen molar-refractivity contribution in [1.29, 1.82) is 0 Å². The standard InChI is InChI=1S/C28H23N3O3/c1-16-12-14-18(15-13-16)30-27(32)20-21(28(30)33)26-24-22(25(20)34-26)23(17-8-4-2-5-9-17)29-31(24)19-10-6-3-7-11-19/h2-15,20-22,24-26H,1H3/t20-,21+,22+,24-,25-,26+/m1/s1. The van der Waals surface area contributed by atoms with E-state index in [0.717, 1.165) is 22.5 Å². The van der Waals surface area contributed by atoms with E-state index in [1.165, 1.54) is 4.90 Å². The number of para-hydroxylation sites is 1. The van der Waals surface area contributed by atoms with Gasteiger partial charge in [0.25, 0.3) is 0 Å². The maximum Gasteiger partial charge on any atom is 0.240 e. The molecule has 4 heterocycles. The quantitative estimate of drug-likeness (QED) is 0.571. The number of hydrogen-bond donors (Lipinski definition) is 0. The van der Waals surface area contributed by atoms with Gasteiger partial charge < -0.3 is 4.74 Å². The van der Waals surface area contributed by atoms with E-state index in [9.17, 15) is 9.59 Å². The molecule has 0 N–H and O–H groups in total. The van der Waals surface area contributed by atoms with Gasteiger partial charge in [-0.1, -0.05) is 66.2 Å². The van der Waals surface area contributed by atoms with Gasteiger partial charge in [0.15, 0.2) is 0 Å². The Balaban J connectivity index is 1.32. The summed E-state index contributed by atoms with van der Waals surface area (Å²) in [6.07, 6.45) is -0.767. The first-order valence-electron chi connectivity index (χ1n) is 11.7. The molecule has 7 rings (SSSR count). The number of fused-ring (bicyclic) bond motifs is 8. The van der Waals surface area contributed by atoms with E-state index in [4.69, 9.17) is 9.84 Å². The maximum absolute atomic E-state index is 13.6. The summed E-state index contributed by atoms with van der Waals surface area (Å²) in [5.41, 5.74) is 4.63. The van der Waals surface area contributed by atoms with Crippen LogP contribution in [-0.2, 0) is 14.3 Å². The highest BCUT2D eigenvalue weighted by molar-refractivity contribution is 6.23. The van der Waals surface area contributed by atoms with Crippen molar-refractivity contribution < 1.29 is 14.3 Å². The molecular formula is C28H23N3O3. The molecule has 168 valence electrons. The highest BCUT2D eigenvalue weighted by atomic mass is 16.5. The van der Waals surface area contributed by atoms with Gasteiger partial charge in [-0.2, -0.15) is 5.10 Å². The van der Waals surface area contributed by atoms with Crippen LogP contribution in [0.5, 0.6) is 0 Å². The van der Waals surface area contributed by atoms with Crippen LogP contribution < -0.4 is 9.91 Å². The second-order valence-corrected chi connectivity index (χ2v) is 9.51. The molecule has 2 bridgehead atoms. The molecule has 3 saturated heterocycles. The van der Waals surface area contributed by atoms with Crippen molar-refractivity contribution in [2.45, 2.75) is 25.2 Å². The number of benzene rings is 3. The first-order valence-corrected chi connectivity index (χ1v) is 11.7. The maximum atomic E-state index is 13.6. The Hall–Kier alpha value is -3.77. The second-order valence-electron chi connectivity index (χ2n) is 9.51. The van der Waals surface area contributed by atoms with Crippen LogP contribution in [0.2, 0.25) is 0 Å². The smallest absolute Gasteiger partial charge is 0.240 e. The van der Waals surface area contributed by atoms with Crippen LogP contribution in [0.15, 0.2) is 90.0 Å². The van der Waals surface area contributed by atoms with Crippen molar-refractivity contribution in [3.05, 3.63) is 96.1 Å². The first-order chi connectivity index (χ1) is 16.6. The molecule has 0 aromatic heterocycles. The van der Waals surface area contributed by atoms with Gasteiger partial charge in [0.2, 0.25) is 11.8 Å². The van der Waals surface area contributed by atoms with Crippen LogP contribution in [0.25, 0.3) is 0 Å². The van der Waals surface area contributed by atoms with E-state index in [1.807, 2.05) is 96.9 Å². The van der Waals surface area contributed by atoms with Gasteiger partial charge in [0.05, 0.1) is 53.1 Å². The number of imide groups is 1. The second kappa shape index (κ2) is 7.11. The van der Waals surface area contributed by atoms with E-state index in [1.54, 1.807) is 0 Å². The van der Waals surface area contributed by atoms with Gasteiger partial charge in [0, 0.05) is 0 Å². The van der Waals surface area contributed by atoms with Gasteiger partial charge in [0.1, 0.15) is 0 Å². The Morgan fingerprint density at radius 2 is 1.32 bits per heavy atom. The largest absolute Gasteiger partial charge is 0.370 e. The molecule has 0 spiro atoms. The fourth-order valence-corrected chi connectivity index (χ4v) is 6.23. The third-order valence-corrected chi connectivity index (χ3v) is 7.67. The predicted molar refractivity (Wildman–Crippen MR) is 128 cm³/mol. The van der Waals surface area contributed by atoms with Crippen LogP contribution in [0.4, 0.5) is 11.4 Å². The molecule has 6 nitrogen and oxygen atoms in total. The van der Waals surface area contributed by atoms with Gasteiger partial charge in [-0.05, 0) is 36.8 Å². The number of amides is 2. The molecule has 2 amide bonds. The number of ether oxygens (including phenoxy) is 1. The van der Waals surface area contributed by atoms with E-state index < -0.39 is 17.9 Å². The first kappa shape index (κ1) is 19.7. The Morgan fingerprint density at radius 1 is 0.706 bits per heavy atom. The number of hydrazone groups is 1. The Kier molecular flexibility index (Phi) is 4.12. The third kappa shape index (κ3) is 2.57. The normalized spacial score (nSPS) is 31.1. The van der Waals surface area contributed by atoms with Crippen molar-refractivity contribution in [3.63, 3.8) is 0 Å². The van der Waals surface area contributed by atoms with Crippen LogP contribution in [0, 0.1) is 24.7 Å². The van der Waals surface area contributed by atoms with Gasteiger partial charge in [-0.15, -0.1) is 0 Å². The molecule has 0 radical (unpaired) electrons. The van der Waals surface area contributed by atoms with Crippen molar-refractivity contribution >= 4 is 28.9 Å². The SMILES string of the molecule is Cc1ccc(N2C(=O)[C@@H]3[C@@H]4O[C@@H]([C@H]5C(c6ccccc6)=NN(c6ccccc6)[C@@H]45)[C@@H]3C2=O)cc1. The average molecular weight is 450 g/mol. The third-order valence-electron chi connectivity index (χ3n) is 7.67. The summed E-state index contributed by atoms with van der Waals surface area (Å²) in [4.78, 5) is 28.6. The van der Waals surface area contributed by atoms with Crippen LogP contribution in [0.3, 0.4) is 0 Å². The fourth-order valence-electron chi connectivity index (χ4n) is 6.23. The lowest BCUT2D eigenvalue weighted by Crippen LogP contribution is -2.50. The number of carbonyl (C=O) groups is 2. The van der Waals surface area contributed by atoms with Crippen LogP contribution >= 0.6 is 0 Å². The molecule has 4 aliphatic heterocycles. The Morgan fingerprint density at radius 3 is 2.00 bits per heavy atom. The molecular weight excluding hydrogens is 426 g/mol. The summed E-state index contributed by atoms with van der Waals surface area (Å²) in [6, 6.07) is 27.5. The zero-order chi connectivity index (χ0) is 23.0. The van der Waals surface area contributed by atoms with Gasteiger partial charge in [-0.25, -0.2) is 4.90 Å². The van der Waals surface area contributed by atoms with Crippen LogP contribution in [-0.4, -0.2) is 35.8 Å². The average Bonchev–Trinajstić information content (AvgIpc) is 3.60. The van der Waals surface area contributed by atoms with E-state index in [2.05, 4.69) is 0 Å². The number of carbonyl (C=O) groups excluding carboxylic acids is 2.